The van der Waals surface area contributed by atoms with E-state index in [4.69, 9.17) is 20.8 Å². The molecule has 1 aromatic carbocycles. The fourth-order valence-electron chi connectivity index (χ4n) is 2.51. The van der Waals surface area contributed by atoms with Crippen LogP contribution in [0.15, 0.2) is 40.8 Å². The van der Waals surface area contributed by atoms with Gasteiger partial charge in [0.2, 0.25) is 0 Å². The number of benzene rings is 1. The number of nitrogens with zero attached hydrogens (tertiary/aromatic N) is 1. The Labute approximate surface area is 136 Å². The second-order valence-corrected chi connectivity index (χ2v) is 5.54. The Kier molecular flexibility index (Phi) is 4.31. The fourth-order valence-corrected chi connectivity index (χ4v) is 2.63. The number of rotatable bonds is 4. The quantitative estimate of drug-likeness (QED) is 0.683. The van der Waals surface area contributed by atoms with Crippen LogP contribution in [-0.4, -0.2) is 23.5 Å². The van der Waals surface area contributed by atoms with Gasteiger partial charge in [-0.25, -0.2) is 0 Å². The summed E-state index contributed by atoms with van der Waals surface area (Å²) in [7, 11) is 0. The molecule has 1 aliphatic rings. The second-order valence-electron chi connectivity index (χ2n) is 5.11. The van der Waals surface area contributed by atoms with Crippen molar-refractivity contribution in [1.82, 2.24) is 5.32 Å². The van der Waals surface area contributed by atoms with E-state index < -0.39 is 16.7 Å². The summed E-state index contributed by atoms with van der Waals surface area (Å²) in [5, 5.41) is 14.0. The van der Waals surface area contributed by atoms with Crippen molar-refractivity contribution >= 4 is 23.4 Å². The van der Waals surface area contributed by atoms with E-state index in [0.29, 0.717) is 18.1 Å². The summed E-state index contributed by atoms with van der Waals surface area (Å²) in [6.07, 6.45) is 0.350. The largest absolute Gasteiger partial charge is 0.433 e. The first-order chi connectivity index (χ1) is 11.0. The molecule has 2 atom stereocenters. The van der Waals surface area contributed by atoms with Crippen LogP contribution in [0, 0.1) is 10.1 Å². The number of carbonyl (C=O) groups is 1. The van der Waals surface area contributed by atoms with Crippen molar-refractivity contribution < 1.29 is 18.9 Å². The number of hydrogen-bond acceptors (Lipinski definition) is 5. The predicted octanol–water partition coefficient (Wildman–Crippen LogP) is 3.10. The molecule has 0 radical (unpaired) electrons. The maximum absolute atomic E-state index is 12.2. The summed E-state index contributed by atoms with van der Waals surface area (Å²) in [6.45, 7) is 0.510. The molecule has 1 N–H and O–H groups in total. The Bertz CT molecular complexity index is 728. The summed E-state index contributed by atoms with van der Waals surface area (Å²) in [5.74, 6) is -1.07. The van der Waals surface area contributed by atoms with Crippen molar-refractivity contribution in [1.29, 1.82) is 0 Å². The van der Waals surface area contributed by atoms with Gasteiger partial charge in [-0.1, -0.05) is 23.7 Å². The minimum absolute atomic E-state index is 0.0987. The van der Waals surface area contributed by atoms with Crippen LogP contribution < -0.4 is 5.32 Å². The normalized spacial score (nSPS) is 20.4. The Balaban J connectivity index is 1.71. The second kappa shape index (κ2) is 6.39. The molecule has 1 fully saturated rings. The maximum Gasteiger partial charge on any atom is 0.433 e. The van der Waals surface area contributed by atoms with E-state index in [0.717, 1.165) is 11.6 Å². The molecule has 3 rings (SSSR count). The zero-order valence-electron chi connectivity index (χ0n) is 11.9. The molecule has 1 amide bonds. The van der Waals surface area contributed by atoms with Gasteiger partial charge in [0, 0.05) is 11.6 Å². The van der Waals surface area contributed by atoms with E-state index in [9.17, 15) is 14.9 Å². The lowest BCUT2D eigenvalue weighted by atomic mass is 10.0. The smallest absolute Gasteiger partial charge is 0.395 e. The number of nitro groups is 1. The monoisotopic (exact) mass is 336 g/mol. The Hall–Kier alpha value is -2.38. The number of furan rings is 1. The minimum Gasteiger partial charge on any atom is -0.395 e. The van der Waals surface area contributed by atoms with Crippen LogP contribution in [0.4, 0.5) is 5.88 Å². The molecular formula is C15H13ClN2O5. The molecule has 1 saturated heterocycles. The summed E-state index contributed by atoms with van der Waals surface area (Å²) < 4.78 is 10.6. The molecular weight excluding hydrogens is 324 g/mol. The molecule has 2 aromatic rings. The van der Waals surface area contributed by atoms with Gasteiger partial charge in [0.25, 0.3) is 5.91 Å². The van der Waals surface area contributed by atoms with Gasteiger partial charge >= 0.3 is 5.88 Å². The molecule has 0 bridgehead atoms. The molecule has 0 saturated carbocycles. The lowest BCUT2D eigenvalue weighted by Gasteiger charge is -2.19. The van der Waals surface area contributed by atoms with Crippen LogP contribution in [0.3, 0.4) is 0 Å². The first-order valence-corrected chi connectivity index (χ1v) is 7.34. The molecule has 7 nitrogen and oxygen atoms in total. The zero-order chi connectivity index (χ0) is 16.4. The summed E-state index contributed by atoms with van der Waals surface area (Å²) in [4.78, 5) is 22.1. The molecule has 2 heterocycles. The Morgan fingerprint density at radius 3 is 2.65 bits per heavy atom. The average Bonchev–Trinajstić information content (AvgIpc) is 3.17. The minimum atomic E-state index is -0.689. The molecule has 0 unspecified atom stereocenters. The molecule has 0 aliphatic carbocycles. The predicted molar refractivity (Wildman–Crippen MR) is 81.4 cm³/mol. The van der Waals surface area contributed by atoms with Gasteiger partial charge in [-0.2, -0.15) is 0 Å². The number of ether oxygens (including phenoxy) is 1. The van der Waals surface area contributed by atoms with Crippen LogP contribution in [0.2, 0.25) is 5.02 Å². The maximum atomic E-state index is 12.2. The SMILES string of the molecule is O=C(N[C@H]1CCO[C@@H]1c1ccc(Cl)cc1)c1ccc([N+](=O)[O-])o1. The van der Waals surface area contributed by atoms with E-state index in [1.54, 1.807) is 12.1 Å². The number of nitrogens with one attached hydrogen (secondary N) is 1. The standard InChI is InChI=1S/C15H13ClN2O5/c16-10-3-1-9(2-4-10)14-11(7-8-22-14)17-15(19)12-5-6-13(23-12)18(20)21/h1-6,11,14H,7-8H2,(H,17,19)/t11-,14+/m0/s1. The van der Waals surface area contributed by atoms with Crippen LogP contribution in [0.5, 0.6) is 0 Å². The van der Waals surface area contributed by atoms with Gasteiger partial charge in [-0.05, 0) is 30.2 Å². The van der Waals surface area contributed by atoms with Crippen molar-refractivity contribution in [2.45, 2.75) is 18.6 Å². The van der Waals surface area contributed by atoms with Gasteiger partial charge in [-0.3, -0.25) is 14.9 Å². The van der Waals surface area contributed by atoms with E-state index in [-0.39, 0.29) is 17.9 Å². The van der Waals surface area contributed by atoms with E-state index in [2.05, 4.69) is 5.32 Å². The van der Waals surface area contributed by atoms with Crippen LogP contribution in [-0.2, 0) is 4.74 Å². The highest BCUT2D eigenvalue weighted by atomic mass is 35.5. The molecule has 23 heavy (non-hydrogen) atoms. The number of amides is 1. The van der Waals surface area contributed by atoms with Gasteiger partial charge in [0.1, 0.15) is 11.0 Å². The Morgan fingerprint density at radius 2 is 2.00 bits per heavy atom. The summed E-state index contributed by atoms with van der Waals surface area (Å²) in [5.41, 5.74) is 0.905. The van der Waals surface area contributed by atoms with E-state index in [1.807, 2.05) is 12.1 Å². The lowest BCUT2D eigenvalue weighted by Crippen LogP contribution is -2.36. The number of hydrogen-bond donors (Lipinski definition) is 1. The topological polar surface area (TPSA) is 94.6 Å². The summed E-state index contributed by atoms with van der Waals surface area (Å²) >= 11 is 5.87. The van der Waals surface area contributed by atoms with Crippen LogP contribution in [0.1, 0.15) is 28.6 Å². The third kappa shape index (κ3) is 3.35. The van der Waals surface area contributed by atoms with Crippen molar-refractivity contribution in [3.8, 4) is 0 Å². The van der Waals surface area contributed by atoms with Crippen molar-refractivity contribution in [3.63, 3.8) is 0 Å². The van der Waals surface area contributed by atoms with Crippen molar-refractivity contribution in [2.24, 2.45) is 0 Å². The zero-order valence-corrected chi connectivity index (χ0v) is 12.7. The third-order valence-electron chi connectivity index (χ3n) is 3.60. The highest BCUT2D eigenvalue weighted by Gasteiger charge is 2.32. The third-order valence-corrected chi connectivity index (χ3v) is 3.85. The van der Waals surface area contributed by atoms with Gasteiger partial charge in [-0.15, -0.1) is 0 Å². The van der Waals surface area contributed by atoms with Crippen molar-refractivity contribution in [3.05, 3.63) is 62.9 Å². The van der Waals surface area contributed by atoms with Crippen molar-refractivity contribution in [2.75, 3.05) is 6.61 Å². The van der Waals surface area contributed by atoms with Gasteiger partial charge in [0.15, 0.2) is 5.76 Å². The van der Waals surface area contributed by atoms with Crippen LogP contribution >= 0.6 is 11.6 Å². The van der Waals surface area contributed by atoms with E-state index in [1.165, 1.54) is 6.07 Å². The highest BCUT2D eigenvalue weighted by molar-refractivity contribution is 6.30. The first-order valence-electron chi connectivity index (χ1n) is 6.97. The van der Waals surface area contributed by atoms with Gasteiger partial charge in [0.05, 0.1) is 12.1 Å². The molecule has 120 valence electrons. The van der Waals surface area contributed by atoms with E-state index >= 15 is 0 Å². The molecule has 1 aliphatic heterocycles. The molecule has 8 heteroatoms. The number of halogens is 1. The number of carbonyl (C=O) groups excluding carboxylic acids is 1. The fraction of sp³-hybridized carbons (Fsp3) is 0.267. The average molecular weight is 337 g/mol. The summed E-state index contributed by atoms with van der Waals surface area (Å²) in [6, 6.07) is 9.38. The molecule has 1 aromatic heterocycles. The lowest BCUT2D eigenvalue weighted by molar-refractivity contribution is -0.402. The first kappa shape index (κ1) is 15.5. The van der Waals surface area contributed by atoms with Crippen LogP contribution in [0.25, 0.3) is 0 Å². The Morgan fingerprint density at radius 1 is 1.26 bits per heavy atom. The highest BCUT2D eigenvalue weighted by Crippen LogP contribution is 2.30. The van der Waals surface area contributed by atoms with Gasteiger partial charge < -0.3 is 14.5 Å². The molecule has 0 spiro atoms.